The topological polar surface area (TPSA) is 114 Å². The van der Waals surface area contributed by atoms with Gasteiger partial charge in [-0.3, -0.25) is 25.6 Å². The molecule has 0 bridgehead atoms. The average molecular weight is 526 g/mol. The molecule has 3 fully saturated rings. The lowest BCUT2D eigenvalue weighted by molar-refractivity contribution is -0.154. The number of hydrogen-bond donors (Lipinski definition) is 3. The third-order valence-corrected chi connectivity index (χ3v) is 7.84. The third-order valence-electron chi connectivity index (χ3n) is 7.67. The number of piperidine rings is 1. The number of halogens is 2. The van der Waals surface area contributed by atoms with Crippen LogP contribution < -0.4 is 15.8 Å². The Balaban J connectivity index is 1.43. The molecule has 2 amide bonds. The van der Waals surface area contributed by atoms with Crippen LogP contribution in [-0.4, -0.2) is 76.2 Å². The van der Waals surface area contributed by atoms with Crippen molar-refractivity contribution in [1.29, 1.82) is 0 Å². The quantitative estimate of drug-likeness (QED) is 0.175. The maximum atomic E-state index is 15.6. The maximum Gasteiger partial charge on any atom is 0.243 e. The molecule has 2 saturated heterocycles. The molecule has 10 nitrogen and oxygen atoms in total. The fourth-order valence-corrected chi connectivity index (χ4v) is 6.00. The molecule has 3 heterocycles. The highest BCUT2D eigenvalue weighted by molar-refractivity contribution is 6.28. The second-order valence-electron chi connectivity index (χ2n) is 10.3. The van der Waals surface area contributed by atoms with Gasteiger partial charge in [-0.25, -0.2) is 5.06 Å². The minimum Gasteiger partial charge on any atom is -0.350 e. The Bertz CT molecular complexity index is 899. The minimum atomic E-state index is -0.672. The number of hydrogen-bond acceptors (Lipinski definition) is 8. The van der Waals surface area contributed by atoms with Gasteiger partial charge in [-0.15, -0.1) is 0 Å². The van der Waals surface area contributed by atoms with Crippen LogP contribution in [0.3, 0.4) is 0 Å². The summed E-state index contributed by atoms with van der Waals surface area (Å²) in [7, 11) is 0. The molecule has 0 spiro atoms. The summed E-state index contributed by atoms with van der Waals surface area (Å²) in [5.74, 6) is -1.50. The van der Waals surface area contributed by atoms with E-state index in [1.807, 2.05) is 4.90 Å². The van der Waals surface area contributed by atoms with E-state index >= 15 is 4.39 Å². The summed E-state index contributed by atoms with van der Waals surface area (Å²) in [5, 5.41) is 10.0. The van der Waals surface area contributed by atoms with Crippen LogP contribution in [0.5, 0.6) is 0 Å². The van der Waals surface area contributed by atoms with E-state index in [9.17, 15) is 14.8 Å². The van der Waals surface area contributed by atoms with Crippen molar-refractivity contribution < 1.29 is 19.2 Å². The first-order chi connectivity index (χ1) is 17.4. The summed E-state index contributed by atoms with van der Waals surface area (Å²) in [6.45, 7) is 3.52. The van der Waals surface area contributed by atoms with E-state index in [2.05, 4.69) is 25.7 Å². The fourth-order valence-electron chi connectivity index (χ4n) is 5.83. The van der Waals surface area contributed by atoms with Crippen LogP contribution >= 0.6 is 11.6 Å². The number of nitrogens with zero attached hydrogens (tertiary/aromatic N) is 5. The number of carbonyl (C=O) groups is 2. The second-order valence-corrected chi connectivity index (χ2v) is 10.6. The van der Waals surface area contributed by atoms with Gasteiger partial charge in [0.1, 0.15) is 0 Å². The predicted octanol–water partition coefficient (Wildman–Crippen LogP) is 3.21. The number of rotatable bonds is 11. The molecule has 0 radical (unpaired) electrons. The molecular formula is C24H37ClFN7O3. The monoisotopic (exact) mass is 525 g/mol. The van der Waals surface area contributed by atoms with E-state index in [-0.39, 0.29) is 35.9 Å². The lowest BCUT2D eigenvalue weighted by atomic mass is 9.92. The Morgan fingerprint density at radius 3 is 2.61 bits per heavy atom. The molecule has 1 aromatic heterocycles. The van der Waals surface area contributed by atoms with Crippen LogP contribution in [0.4, 0.5) is 16.0 Å². The Morgan fingerprint density at radius 1 is 1.14 bits per heavy atom. The zero-order valence-corrected chi connectivity index (χ0v) is 21.4. The van der Waals surface area contributed by atoms with E-state index in [1.54, 1.807) is 0 Å². The highest BCUT2D eigenvalue weighted by atomic mass is 35.5. The van der Waals surface area contributed by atoms with E-state index in [4.69, 9.17) is 11.6 Å². The molecule has 1 aromatic rings. The van der Waals surface area contributed by atoms with Crippen molar-refractivity contribution >= 4 is 35.6 Å². The van der Waals surface area contributed by atoms with E-state index in [0.717, 1.165) is 58.2 Å². The number of hydrazine groups is 1. The van der Waals surface area contributed by atoms with Crippen molar-refractivity contribution in [2.75, 3.05) is 43.0 Å². The van der Waals surface area contributed by atoms with Crippen molar-refractivity contribution in [3.05, 3.63) is 11.1 Å². The summed E-state index contributed by atoms with van der Waals surface area (Å²) in [6.07, 6.45) is 10.6. The van der Waals surface area contributed by atoms with Gasteiger partial charge in [-0.1, -0.05) is 32.1 Å². The van der Waals surface area contributed by atoms with Gasteiger partial charge in [-0.2, -0.15) is 14.4 Å². The molecule has 3 N–H and O–H groups in total. The Kier molecular flexibility index (Phi) is 9.55. The van der Waals surface area contributed by atoms with Gasteiger partial charge < -0.3 is 9.80 Å². The molecule has 1 aliphatic carbocycles. The van der Waals surface area contributed by atoms with E-state index in [1.165, 1.54) is 19.3 Å². The molecular weight excluding hydrogens is 489 g/mol. The van der Waals surface area contributed by atoms with Crippen molar-refractivity contribution in [2.24, 2.45) is 11.8 Å². The van der Waals surface area contributed by atoms with Gasteiger partial charge >= 0.3 is 0 Å². The van der Waals surface area contributed by atoms with Crippen LogP contribution in [-0.2, 0) is 9.59 Å². The van der Waals surface area contributed by atoms with E-state index < -0.39 is 17.6 Å². The number of anilines is 2. The zero-order chi connectivity index (χ0) is 25.5. The molecule has 1 saturated carbocycles. The van der Waals surface area contributed by atoms with Crippen LogP contribution in [0, 0.1) is 17.7 Å². The summed E-state index contributed by atoms with van der Waals surface area (Å²) < 4.78 is 15.6. The number of hydroxylamine groups is 2. The summed E-state index contributed by atoms with van der Waals surface area (Å²) >= 11 is 6.16. The van der Waals surface area contributed by atoms with Gasteiger partial charge in [0, 0.05) is 19.1 Å². The molecule has 2 atom stereocenters. The Hall–Kier alpha value is -2.24. The summed E-state index contributed by atoms with van der Waals surface area (Å²) in [6, 6.07) is 0.140. The molecule has 4 rings (SSSR count). The summed E-state index contributed by atoms with van der Waals surface area (Å²) in [4.78, 5) is 36.4. The lowest BCUT2D eigenvalue weighted by Crippen LogP contribution is -2.43. The first-order valence-corrected chi connectivity index (χ1v) is 13.5. The minimum absolute atomic E-state index is 0.114. The number of amides is 2. The second kappa shape index (κ2) is 12.8. The molecule has 12 heteroatoms. The standard InChI is InChI=1S/C24H37ClFN7O3/c25-24-27-21(29-30-23(35)18(14-32(36)16-34)13-17-7-2-3-8-17)20(26)22(28-24)33-12-6-9-19(33)15-31-10-4-1-5-11-31/h16-19,36H,1-15H2,(H,30,35)(H,27,28,29)/t18-,19+/m1/s1. The average Bonchev–Trinajstić information content (AvgIpc) is 3.56. The van der Waals surface area contributed by atoms with Crippen LogP contribution in [0.15, 0.2) is 0 Å². The van der Waals surface area contributed by atoms with Crippen LogP contribution in [0.2, 0.25) is 5.28 Å². The number of aromatic nitrogens is 2. The first kappa shape index (κ1) is 26.8. The van der Waals surface area contributed by atoms with Gasteiger partial charge in [0.15, 0.2) is 11.6 Å². The predicted molar refractivity (Wildman–Crippen MR) is 134 cm³/mol. The number of nitrogens with one attached hydrogen (secondary N) is 2. The van der Waals surface area contributed by atoms with Gasteiger partial charge in [0.05, 0.1) is 12.5 Å². The summed E-state index contributed by atoms with van der Waals surface area (Å²) in [5.41, 5.74) is 5.08. The maximum absolute atomic E-state index is 15.6. The normalized spacial score (nSPS) is 22.0. The SMILES string of the molecule is O=CN(O)C[C@@H](CC1CCCC1)C(=O)NNc1nc(Cl)nc(N2CCC[C@H]2CN2CCCCC2)c1F. The lowest BCUT2D eigenvalue weighted by Gasteiger charge is -2.33. The van der Waals surface area contributed by atoms with Crippen LogP contribution in [0.1, 0.15) is 64.2 Å². The highest BCUT2D eigenvalue weighted by Gasteiger charge is 2.32. The molecule has 200 valence electrons. The zero-order valence-electron chi connectivity index (χ0n) is 20.7. The molecule has 0 aromatic carbocycles. The smallest absolute Gasteiger partial charge is 0.243 e. The Labute approximate surface area is 216 Å². The molecule has 2 aliphatic heterocycles. The van der Waals surface area contributed by atoms with Crippen molar-refractivity contribution in [2.45, 2.75) is 70.3 Å². The number of likely N-dealkylation sites (tertiary alicyclic amines) is 1. The number of carbonyl (C=O) groups excluding carboxylic acids is 2. The molecule has 3 aliphatic rings. The van der Waals surface area contributed by atoms with Crippen molar-refractivity contribution in [3.8, 4) is 0 Å². The molecule has 36 heavy (non-hydrogen) atoms. The molecule has 0 unspecified atom stereocenters. The van der Waals surface area contributed by atoms with Crippen LogP contribution in [0.25, 0.3) is 0 Å². The van der Waals surface area contributed by atoms with Gasteiger partial charge in [0.2, 0.25) is 23.4 Å². The van der Waals surface area contributed by atoms with E-state index in [0.29, 0.717) is 23.9 Å². The first-order valence-electron chi connectivity index (χ1n) is 13.1. The third kappa shape index (κ3) is 6.95. The van der Waals surface area contributed by atoms with Gasteiger partial charge in [0.25, 0.3) is 0 Å². The largest absolute Gasteiger partial charge is 0.350 e. The fraction of sp³-hybridized carbons (Fsp3) is 0.750. The highest BCUT2D eigenvalue weighted by Crippen LogP contribution is 2.32. The van der Waals surface area contributed by atoms with Crippen molar-refractivity contribution in [3.63, 3.8) is 0 Å². The Morgan fingerprint density at radius 2 is 1.89 bits per heavy atom. The van der Waals surface area contributed by atoms with Gasteiger partial charge in [-0.05, 0) is 62.7 Å². The van der Waals surface area contributed by atoms with Crippen molar-refractivity contribution in [1.82, 2.24) is 25.4 Å².